The van der Waals surface area contributed by atoms with E-state index in [4.69, 9.17) is 0 Å². The van der Waals surface area contributed by atoms with Crippen LogP contribution in [-0.4, -0.2) is 0 Å². The van der Waals surface area contributed by atoms with Gasteiger partial charge in [0.25, 0.3) is 0 Å². The van der Waals surface area contributed by atoms with Gasteiger partial charge < -0.3 is 0 Å². The first-order valence-electron chi connectivity index (χ1n) is 9.99. The molecule has 0 fully saturated rings. The molecule has 0 bridgehead atoms. The Balaban J connectivity index is 1.86. The predicted octanol–water partition coefficient (Wildman–Crippen LogP) is 7.73. The zero-order valence-corrected chi connectivity index (χ0v) is 16.9. The summed E-state index contributed by atoms with van der Waals surface area (Å²) in [5, 5.41) is 5.51. The second-order valence-electron chi connectivity index (χ2n) is 8.96. The first-order valence-corrected chi connectivity index (χ1v) is 9.99. The van der Waals surface area contributed by atoms with Crippen molar-refractivity contribution in [3.63, 3.8) is 0 Å². The second kappa shape index (κ2) is 5.45. The maximum absolute atomic E-state index is 2.40. The zero-order valence-electron chi connectivity index (χ0n) is 16.9. The molecule has 4 aromatic carbocycles. The van der Waals surface area contributed by atoms with E-state index in [2.05, 4.69) is 95.3 Å². The lowest BCUT2D eigenvalue weighted by molar-refractivity contribution is 0.672. The van der Waals surface area contributed by atoms with Crippen molar-refractivity contribution >= 4 is 21.5 Å². The SMILES string of the molecule is Cc1ccc2c3c(ccc2c1)-c1ccc2cc(C(C)C)ccc2c1C3(C)C. The Morgan fingerprint density at radius 3 is 1.81 bits per heavy atom. The Morgan fingerprint density at radius 2 is 1.22 bits per heavy atom. The summed E-state index contributed by atoms with van der Waals surface area (Å²) in [7, 11) is 0. The van der Waals surface area contributed by atoms with Gasteiger partial charge in [0, 0.05) is 5.41 Å². The standard InChI is InChI=1S/C27H26/c1-16(2)18-7-11-22-20(15-18)9-13-24-23-12-8-19-14-17(3)6-10-21(19)25(23)27(4,5)26(22)24/h6-16H,1-5H3. The van der Waals surface area contributed by atoms with Crippen molar-refractivity contribution in [3.8, 4) is 11.1 Å². The van der Waals surface area contributed by atoms with Crippen LogP contribution in [0.25, 0.3) is 32.7 Å². The van der Waals surface area contributed by atoms with Crippen LogP contribution in [0.5, 0.6) is 0 Å². The lowest BCUT2D eigenvalue weighted by atomic mass is 9.78. The molecule has 0 aliphatic heterocycles. The molecule has 1 aliphatic rings. The monoisotopic (exact) mass is 350 g/mol. The molecular formula is C27H26. The minimum atomic E-state index is -0.00169. The van der Waals surface area contributed by atoms with Crippen molar-refractivity contribution in [2.75, 3.05) is 0 Å². The van der Waals surface area contributed by atoms with Gasteiger partial charge in [-0.1, -0.05) is 93.9 Å². The molecule has 0 heteroatoms. The summed E-state index contributed by atoms with van der Waals surface area (Å²) in [6, 6.07) is 23.2. The highest BCUT2D eigenvalue weighted by Gasteiger charge is 2.38. The molecule has 0 radical (unpaired) electrons. The van der Waals surface area contributed by atoms with Gasteiger partial charge in [-0.25, -0.2) is 0 Å². The predicted molar refractivity (Wildman–Crippen MR) is 118 cm³/mol. The fourth-order valence-electron chi connectivity index (χ4n) is 5.08. The Kier molecular flexibility index (Phi) is 3.35. The van der Waals surface area contributed by atoms with Crippen LogP contribution in [0.1, 0.15) is 55.9 Å². The fourth-order valence-corrected chi connectivity index (χ4v) is 5.08. The lowest BCUT2D eigenvalue weighted by Gasteiger charge is -2.25. The smallest absolute Gasteiger partial charge is 0.0171 e. The van der Waals surface area contributed by atoms with Crippen LogP contribution in [0.4, 0.5) is 0 Å². The van der Waals surface area contributed by atoms with Gasteiger partial charge in [0.15, 0.2) is 0 Å². The van der Waals surface area contributed by atoms with Crippen LogP contribution in [0.15, 0.2) is 60.7 Å². The van der Waals surface area contributed by atoms with Gasteiger partial charge >= 0.3 is 0 Å². The third-order valence-electron chi connectivity index (χ3n) is 6.43. The number of benzene rings is 4. The Hall–Kier alpha value is -2.60. The molecule has 0 saturated carbocycles. The average Bonchev–Trinajstić information content (AvgIpc) is 2.88. The Morgan fingerprint density at radius 1 is 0.667 bits per heavy atom. The van der Waals surface area contributed by atoms with Crippen LogP contribution in [0.3, 0.4) is 0 Å². The van der Waals surface area contributed by atoms with E-state index in [9.17, 15) is 0 Å². The van der Waals surface area contributed by atoms with Crippen LogP contribution in [0, 0.1) is 6.92 Å². The molecule has 27 heavy (non-hydrogen) atoms. The van der Waals surface area contributed by atoms with Crippen LogP contribution in [-0.2, 0) is 5.41 Å². The van der Waals surface area contributed by atoms with E-state index in [-0.39, 0.29) is 5.41 Å². The van der Waals surface area contributed by atoms with E-state index in [1.54, 1.807) is 0 Å². The Bertz CT molecular complexity index is 1220. The maximum Gasteiger partial charge on any atom is 0.0171 e. The van der Waals surface area contributed by atoms with Crippen molar-refractivity contribution in [3.05, 3.63) is 82.9 Å². The highest BCUT2D eigenvalue weighted by atomic mass is 14.4. The van der Waals surface area contributed by atoms with Crippen molar-refractivity contribution in [1.82, 2.24) is 0 Å². The normalized spacial score (nSPS) is 14.7. The minimum absolute atomic E-state index is 0.00169. The molecule has 0 N–H and O–H groups in total. The molecule has 0 atom stereocenters. The van der Waals surface area contributed by atoms with E-state index in [0.29, 0.717) is 5.92 Å². The van der Waals surface area contributed by atoms with Crippen molar-refractivity contribution in [1.29, 1.82) is 0 Å². The van der Waals surface area contributed by atoms with Crippen molar-refractivity contribution < 1.29 is 0 Å². The highest BCUT2D eigenvalue weighted by molar-refractivity contribution is 6.03. The number of hydrogen-bond donors (Lipinski definition) is 0. The molecule has 0 spiro atoms. The molecule has 0 heterocycles. The zero-order chi connectivity index (χ0) is 18.9. The summed E-state index contributed by atoms with van der Waals surface area (Å²) in [6.45, 7) is 11.5. The lowest BCUT2D eigenvalue weighted by Crippen LogP contribution is -2.16. The second-order valence-corrected chi connectivity index (χ2v) is 8.96. The van der Waals surface area contributed by atoms with E-state index in [0.717, 1.165) is 0 Å². The van der Waals surface area contributed by atoms with E-state index in [1.807, 2.05) is 0 Å². The molecule has 0 unspecified atom stereocenters. The van der Waals surface area contributed by atoms with Gasteiger partial charge in [-0.05, 0) is 62.2 Å². The molecule has 0 nitrogen and oxygen atoms in total. The number of hydrogen-bond acceptors (Lipinski definition) is 0. The molecule has 0 amide bonds. The summed E-state index contributed by atoms with van der Waals surface area (Å²) in [4.78, 5) is 0. The largest absolute Gasteiger partial charge is 0.0587 e. The van der Waals surface area contributed by atoms with Gasteiger partial charge in [-0.2, -0.15) is 0 Å². The molecule has 0 aromatic heterocycles. The molecule has 134 valence electrons. The van der Waals surface area contributed by atoms with Crippen LogP contribution >= 0.6 is 0 Å². The first kappa shape index (κ1) is 16.6. The number of aryl methyl sites for hydroxylation is 1. The van der Waals surface area contributed by atoms with Gasteiger partial charge in [0.2, 0.25) is 0 Å². The molecule has 4 aromatic rings. The van der Waals surface area contributed by atoms with Gasteiger partial charge in [0.1, 0.15) is 0 Å². The third kappa shape index (κ3) is 2.22. The number of rotatable bonds is 1. The number of fused-ring (bicyclic) bond motifs is 7. The van der Waals surface area contributed by atoms with Gasteiger partial charge in [0.05, 0.1) is 0 Å². The van der Waals surface area contributed by atoms with Crippen LogP contribution in [0.2, 0.25) is 0 Å². The topological polar surface area (TPSA) is 0 Å². The van der Waals surface area contributed by atoms with Crippen molar-refractivity contribution in [2.24, 2.45) is 0 Å². The molecular weight excluding hydrogens is 324 g/mol. The molecule has 0 saturated heterocycles. The molecule has 1 aliphatic carbocycles. The van der Waals surface area contributed by atoms with E-state index in [1.165, 1.54) is 54.9 Å². The third-order valence-corrected chi connectivity index (χ3v) is 6.43. The Labute approximate surface area is 161 Å². The summed E-state index contributed by atoms with van der Waals surface area (Å²) >= 11 is 0. The maximum atomic E-state index is 2.40. The summed E-state index contributed by atoms with van der Waals surface area (Å²) in [5.74, 6) is 0.556. The highest BCUT2D eigenvalue weighted by Crippen LogP contribution is 2.53. The molecule has 5 rings (SSSR count). The van der Waals surface area contributed by atoms with Gasteiger partial charge in [-0.3, -0.25) is 0 Å². The van der Waals surface area contributed by atoms with E-state index < -0.39 is 0 Å². The quantitative estimate of drug-likeness (QED) is 0.329. The summed E-state index contributed by atoms with van der Waals surface area (Å²) in [5.41, 5.74) is 8.51. The van der Waals surface area contributed by atoms with E-state index >= 15 is 0 Å². The average molecular weight is 351 g/mol. The van der Waals surface area contributed by atoms with Gasteiger partial charge in [-0.15, -0.1) is 0 Å². The first-order chi connectivity index (χ1) is 12.9. The minimum Gasteiger partial charge on any atom is -0.0587 e. The summed E-state index contributed by atoms with van der Waals surface area (Å²) < 4.78 is 0. The van der Waals surface area contributed by atoms with Crippen molar-refractivity contribution in [2.45, 2.75) is 46.0 Å². The summed E-state index contributed by atoms with van der Waals surface area (Å²) in [6.07, 6.45) is 0. The van der Waals surface area contributed by atoms with Crippen LogP contribution < -0.4 is 0 Å². The fraction of sp³-hybridized carbons (Fsp3) is 0.259.